The van der Waals surface area contributed by atoms with Gasteiger partial charge in [0.25, 0.3) is 0 Å². The first kappa shape index (κ1) is 29.0. The molecule has 0 bridgehead atoms. The van der Waals surface area contributed by atoms with Crippen molar-refractivity contribution in [1.29, 1.82) is 0 Å². The van der Waals surface area contributed by atoms with E-state index in [1.807, 2.05) is 24.3 Å². The molecular weight excluding hydrogens is 495 g/mol. The SMILES string of the molecule is CCCCC(Oc1c(CCC)cc(CCC(=O)O)cc1OC)c1cccc(-c2ccc(C(F)(F)F)cc2)n1. The van der Waals surface area contributed by atoms with Gasteiger partial charge in [-0.25, -0.2) is 4.98 Å². The summed E-state index contributed by atoms with van der Waals surface area (Å²) in [5.74, 6) is 0.285. The molecule has 1 atom stereocenters. The summed E-state index contributed by atoms with van der Waals surface area (Å²) in [5, 5.41) is 9.10. The number of alkyl halides is 3. The van der Waals surface area contributed by atoms with Gasteiger partial charge < -0.3 is 14.6 Å². The van der Waals surface area contributed by atoms with Crippen LogP contribution in [-0.2, 0) is 23.8 Å². The van der Waals surface area contributed by atoms with Crippen molar-refractivity contribution in [3.63, 3.8) is 0 Å². The standard InChI is InChI=1S/C30H34F3NO4/c1-4-6-11-26(25-10-7-9-24(34-25)21-13-15-23(16-14-21)30(31,32)33)38-29-22(8-5-2)18-20(12-17-28(35)36)19-27(29)37-3/h7,9-10,13-16,18-19,26H,4-6,8,11-12,17H2,1-3H3,(H,35,36). The van der Waals surface area contributed by atoms with Gasteiger partial charge in [-0.3, -0.25) is 4.79 Å². The maximum atomic E-state index is 13.0. The molecule has 1 aromatic heterocycles. The van der Waals surface area contributed by atoms with Gasteiger partial charge >= 0.3 is 12.1 Å². The summed E-state index contributed by atoms with van der Waals surface area (Å²) in [6, 6.07) is 14.2. The van der Waals surface area contributed by atoms with Gasteiger partial charge in [0.1, 0.15) is 6.10 Å². The third-order valence-electron chi connectivity index (χ3n) is 6.25. The lowest BCUT2D eigenvalue weighted by Crippen LogP contribution is -2.12. The lowest BCUT2D eigenvalue weighted by Gasteiger charge is -2.23. The highest BCUT2D eigenvalue weighted by Gasteiger charge is 2.30. The highest BCUT2D eigenvalue weighted by molar-refractivity contribution is 5.67. The number of rotatable bonds is 13. The molecule has 0 radical (unpaired) electrons. The smallest absolute Gasteiger partial charge is 0.416 e. The first-order valence-corrected chi connectivity index (χ1v) is 12.9. The van der Waals surface area contributed by atoms with Crippen LogP contribution in [0.15, 0.2) is 54.6 Å². The third-order valence-corrected chi connectivity index (χ3v) is 6.25. The minimum absolute atomic E-state index is 0.0225. The number of benzene rings is 2. The number of ether oxygens (including phenoxy) is 2. The van der Waals surface area contributed by atoms with E-state index >= 15 is 0 Å². The summed E-state index contributed by atoms with van der Waals surface area (Å²) in [6.07, 6.45) is -0.271. The van der Waals surface area contributed by atoms with Crippen LogP contribution in [0.1, 0.15) is 74.4 Å². The Hall–Kier alpha value is -3.55. The Bertz CT molecular complexity index is 1210. The van der Waals surface area contributed by atoms with Crippen LogP contribution >= 0.6 is 0 Å². The molecule has 0 aliphatic carbocycles. The Balaban J connectivity index is 1.97. The average molecular weight is 530 g/mol. The first-order chi connectivity index (χ1) is 18.2. The molecule has 204 valence electrons. The molecule has 1 unspecified atom stereocenters. The Morgan fingerprint density at radius 2 is 1.76 bits per heavy atom. The first-order valence-electron chi connectivity index (χ1n) is 12.9. The quantitative estimate of drug-likeness (QED) is 0.243. The lowest BCUT2D eigenvalue weighted by molar-refractivity contribution is -0.138. The number of carboxylic acid groups (broad SMARTS) is 1. The van der Waals surface area contributed by atoms with Gasteiger partial charge in [-0.15, -0.1) is 0 Å². The number of carbonyl (C=O) groups is 1. The van der Waals surface area contributed by atoms with E-state index in [2.05, 4.69) is 13.8 Å². The monoisotopic (exact) mass is 529 g/mol. The van der Waals surface area contributed by atoms with E-state index in [1.54, 1.807) is 13.2 Å². The van der Waals surface area contributed by atoms with E-state index in [1.165, 1.54) is 12.1 Å². The van der Waals surface area contributed by atoms with E-state index in [4.69, 9.17) is 19.6 Å². The van der Waals surface area contributed by atoms with Crippen molar-refractivity contribution < 1.29 is 32.5 Å². The largest absolute Gasteiger partial charge is 0.493 e. The van der Waals surface area contributed by atoms with E-state index in [0.29, 0.717) is 41.3 Å². The molecule has 0 aliphatic rings. The van der Waals surface area contributed by atoms with E-state index in [9.17, 15) is 18.0 Å². The number of hydrogen-bond acceptors (Lipinski definition) is 4. The van der Waals surface area contributed by atoms with Crippen molar-refractivity contribution >= 4 is 5.97 Å². The maximum Gasteiger partial charge on any atom is 0.416 e. The third kappa shape index (κ3) is 7.73. The van der Waals surface area contributed by atoms with Crippen LogP contribution in [0.2, 0.25) is 0 Å². The van der Waals surface area contributed by atoms with Crippen LogP contribution in [-0.4, -0.2) is 23.2 Å². The molecule has 0 fully saturated rings. The Kier molecular flexibility index (Phi) is 10.2. The summed E-state index contributed by atoms with van der Waals surface area (Å²) in [6.45, 7) is 4.15. The zero-order valence-electron chi connectivity index (χ0n) is 22.0. The number of pyridine rings is 1. The molecule has 3 rings (SSSR count). The number of nitrogens with zero attached hydrogens (tertiary/aromatic N) is 1. The van der Waals surface area contributed by atoms with Gasteiger partial charge in [-0.1, -0.05) is 51.0 Å². The van der Waals surface area contributed by atoms with Crippen molar-refractivity contribution in [3.05, 3.63) is 77.0 Å². The average Bonchev–Trinajstić information content (AvgIpc) is 2.90. The number of halogens is 3. The second kappa shape index (κ2) is 13.3. The number of hydrogen-bond donors (Lipinski definition) is 1. The van der Waals surface area contributed by atoms with Crippen molar-refractivity contribution in [2.24, 2.45) is 0 Å². The van der Waals surface area contributed by atoms with Gasteiger partial charge in [-0.2, -0.15) is 13.2 Å². The van der Waals surface area contributed by atoms with Gasteiger partial charge in [-0.05, 0) is 67.1 Å². The molecule has 0 aliphatic heterocycles. The number of unbranched alkanes of at least 4 members (excludes halogenated alkanes) is 1. The van der Waals surface area contributed by atoms with Gasteiger partial charge in [0.15, 0.2) is 11.5 Å². The van der Waals surface area contributed by atoms with E-state index < -0.39 is 23.8 Å². The Morgan fingerprint density at radius 1 is 1.03 bits per heavy atom. The number of aromatic nitrogens is 1. The number of carboxylic acids is 1. The van der Waals surface area contributed by atoms with Crippen molar-refractivity contribution in [1.82, 2.24) is 4.98 Å². The van der Waals surface area contributed by atoms with E-state index in [-0.39, 0.29) is 6.42 Å². The minimum atomic E-state index is -4.40. The van der Waals surface area contributed by atoms with Gasteiger partial charge in [0.2, 0.25) is 0 Å². The minimum Gasteiger partial charge on any atom is -0.493 e. The highest BCUT2D eigenvalue weighted by Crippen LogP contribution is 2.39. The van der Waals surface area contributed by atoms with Gasteiger partial charge in [0.05, 0.1) is 24.1 Å². The highest BCUT2D eigenvalue weighted by atomic mass is 19.4. The lowest BCUT2D eigenvalue weighted by atomic mass is 10.0. The van der Waals surface area contributed by atoms with Crippen LogP contribution in [0.3, 0.4) is 0 Å². The zero-order chi connectivity index (χ0) is 27.7. The molecule has 8 heteroatoms. The zero-order valence-corrected chi connectivity index (χ0v) is 22.0. The van der Waals surface area contributed by atoms with Crippen molar-refractivity contribution in [2.45, 2.75) is 71.1 Å². The Labute approximate surface area is 221 Å². The molecule has 2 aromatic carbocycles. The van der Waals surface area contributed by atoms with Crippen LogP contribution in [0, 0.1) is 0 Å². The van der Waals surface area contributed by atoms with Crippen LogP contribution in [0.5, 0.6) is 11.5 Å². The number of aryl methyl sites for hydroxylation is 2. The molecule has 0 saturated carbocycles. The normalized spacial score (nSPS) is 12.3. The fourth-order valence-electron chi connectivity index (χ4n) is 4.28. The predicted octanol–water partition coefficient (Wildman–Crippen LogP) is 8.06. The second-order valence-electron chi connectivity index (χ2n) is 9.20. The summed E-state index contributed by atoms with van der Waals surface area (Å²) < 4.78 is 51.3. The van der Waals surface area contributed by atoms with Crippen molar-refractivity contribution in [2.75, 3.05) is 7.11 Å². The number of methoxy groups -OCH3 is 1. The molecule has 0 saturated heterocycles. The topological polar surface area (TPSA) is 68.7 Å². The molecule has 0 amide bonds. The summed E-state index contributed by atoms with van der Waals surface area (Å²) >= 11 is 0. The van der Waals surface area contributed by atoms with Crippen LogP contribution in [0.25, 0.3) is 11.3 Å². The summed E-state index contributed by atoms with van der Waals surface area (Å²) in [5.41, 5.74) is 2.92. The molecular formula is C30H34F3NO4. The molecule has 1 N–H and O–H groups in total. The fourth-order valence-corrected chi connectivity index (χ4v) is 4.28. The van der Waals surface area contributed by atoms with Crippen LogP contribution in [0.4, 0.5) is 13.2 Å². The van der Waals surface area contributed by atoms with Crippen molar-refractivity contribution in [3.8, 4) is 22.8 Å². The fraction of sp³-hybridized carbons (Fsp3) is 0.400. The number of aliphatic carboxylic acids is 1. The molecule has 3 aromatic rings. The van der Waals surface area contributed by atoms with Gasteiger partial charge in [0, 0.05) is 12.0 Å². The molecule has 0 spiro atoms. The molecule has 38 heavy (non-hydrogen) atoms. The van der Waals surface area contributed by atoms with E-state index in [0.717, 1.165) is 48.9 Å². The predicted molar refractivity (Wildman–Crippen MR) is 141 cm³/mol. The summed E-state index contributed by atoms with van der Waals surface area (Å²) in [4.78, 5) is 15.9. The summed E-state index contributed by atoms with van der Waals surface area (Å²) in [7, 11) is 1.56. The molecule has 1 heterocycles. The second-order valence-corrected chi connectivity index (χ2v) is 9.20. The van der Waals surface area contributed by atoms with Crippen LogP contribution < -0.4 is 9.47 Å². The Morgan fingerprint density at radius 3 is 2.37 bits per heavy atom. The maximum absolute atomic E-state index is 13.0. The molecule has 5 nitrogen and oxygen atoms in total.